The van der Waals surface area contributed by atoms with E-state index in [4.69, 9.17) is 16.3 Å². The molecule has 1 aromatic heterocycles. The second-order valence-electron chi connectivity index (χ2n) is 7.01. The van der Waals surface area contributed by atoms with Crippen LogP contribution in [0.2, 0.25) is 5.02 Å². The van der Waals surface area contributed by atoms with Crippen LogP contribution in [0.15, 0.2) is 73.1 Å². The number of benzene rings is 2. The fourth-order valence-corrected chi connectivity index (χ4v) is 3.91. The molecular weight excluding hydrogens is 358 g/mol. The maximum atomic E-state index is 13.1. The van der Waals surface area contributed by atoms with Crippen LogP contribution in [0.4, 0.5) is 0 Å². The molecule has 0 radical (unpaired) electrons. The number of halogens is 1. The van der Waals surface area contributed by atoms with Crippen molar-refractivity contribution in [3.63, 3.8) is 0 Å². The van der Waals surface area contributed by atoms with Gasteiger partial charge < -0.3 is 9.30 Å². The monoisotopic (exact) mass is 381 g/mol. The predicted octanol–water partition coefficient (Wildman–Crippen LogP) is 5.30. The zero-order valence-corrected chi connectivity index (χ0v) is 16.6. The second kappa shape index (κ2) is 8.01. The molecule has 27 heavy (non-hydrogen) atoms. The Morgan fingerprint density at radius 3 is 2.44 bits per heavy atom. The Balaban J connectivity index is 2.10. The minimum Gasteiger partial charge on any atom is -0.467 e. The van der Waals surface area contributed by atoms with Crippen LogP contribution in [0.25, 0.3) is 0 Å². The summed E-state index contributed by atoms with van der Waals surface area (Å²) in [5.41, 5.74) is 2.20. The van der Waals surface area contributed by atoms with Crippen LogP contribution < -0.4 is 0 Å². The van der Waals surface area contributed by atoms with E-state index in [0.29, 0.717) is 5.02 Å². The summed E-state index contributed by atoms with van der Waals surface area (Å²) in [6, 6.07) is 19.8. The lowest BCUT2D eigenvalue weighted by Crippen LogP contribution is -2.47. The van der Waals surface area contributed by atoms with Crippen molar-refractivity contribution >= 4 is 17.6 Å². The van der Waals surface area contributed by atoms with Crippen LogP contribution in [0, 0.1) is 5.92 Å². The summed E-state index contributed by atoms with van der Waals surface area (Å²) in [6.07, 6.45) is 4.79. The molecule has 0 bridgehead atoms. The molecular formula is C23H24ClNO2. The van der Waals surface area contributed by atoms with Gasteiger partial charge in [0.1, 0.15) is 0 Å². The Morgan fingerprint density at radius 1 is 1.07 bits per heavy atom. The van der Waals surface area contributed by atoms with Gasteiger partial charge in [0, 0.05) is 17.4 Å². The second-order valence-corrected chi connectivity index (χ2v) is 7.45. The van der Waals surface area contributed by atoms with Crippen molar-refractivity contribution in [2.45, 2.75) is 25.8 Å². The van der Waals surface area contributed by atoms with E-state index in [1.54, 1.807) is 0 Å². The maximum Gasteiger partial charge on any atom is 0.337 e. The quantitative estimate of drug-likeness (QED) is 0.542. The van der Waals surface area contributed by atoms with E-state index < -0.39 is 5.54 Å². The molecule has 0 saturated heterocycles. The third-order valence-corrected chi connectivity index (χ3v) is 5.24. The molecule has 4 heteroatoms. The highest BCUT2D eigenvalue weighted by Crippen LogP contribution is 2.37. The third kappa shape index (κ3) is 3.65. The first-order chi connectivity index (χ1) is 13.0. The highest BCUT2D eigenvalue weighted by molar-refractivity contribution is 6.30. The first-order valence-corrected chi connectivity index (χ1v) is 9.42. The average Bonchev–Trinajstić information content (AvgIpc) is 3.11. The van der Waals surface area contributed by atoms with E-state index in [1.807, 2.05) is 73.3 Å². The molecule has 3 nitrogen and oxygen atoms in total. The van der Waals surface area contributed by atoms with Crippen LogP contribution in [0.5, 0.6) is 0 Å². The average molecular weight is 382 g/mol. The fourth-order valence-electron chi connectivity index (χ4n) is 3.72. The molecule has 1 unspecified atom stereocenters. The molecule has 0 saturated carbocycles. The Morgan fingerprint density at radius 2 is 1.81 bits per heavy atom. The highest BCUT2D eigenvalue weighted by atomic mass is 35.5. The van der Waals surface area contributed by atoms with E-state index in [1.165, 1.54) is 12.7 Å². The van der Waals surface area contributed by atoms with Crippen LogP contribution in [-0.2, 0) is 21.5 Å². The molecule has 3 rings (SSSR count). The number of hydrogen-bond acceptors (Lipinski definition) is 2. The smallest absolute Gasteiger partial charge is 0.337 e. The van der Waals surface area contributed by atoms with E-state index >= 15 is 0 Å². The molecule has 1 atom stereocenters. The third-order valence-electron chi connectivity index (χ3n) is 5.01. The van der Waals surface area contributed by atoms with Crippen molar-refractivity contribution in [2.24, 2.45) is 5.92 Å². The van der Waals surface area contributed by atoms with Gasteiger partial charge in [-0.3, -0.25) is 0 Å². The minimum absolute atomic E-state index is 0.0413. The Hall–Kier alpha value is -2.52. The topological polar surface area (TPSA) is 31.2 Å². The lowest BCUT2D eigenvalue weighted by Gasteiger charge is -2.37. The van der Waals surface area contributed by atoms with Crippen molar-refractivity contribution in [3.8, 4) is 0 Å². The predicted molar refractivity (Wildman–Crippen MR) is 109 cm³/mol. The van der Waals surface area contributed by atoms with Gasteiger partial charge in [-0.15, -0.1) is 0 Å². The molecule has 1 heterocycles. The Bertz CT molecular complexity index is 917. The van der Waals surface area contributed by atoms with Crippen LogP contribution in [-0.4, -0.2) is 17.6 Å². The summed E-state index contributed by atoms with van der Waals surface area (Å²) in [5.74, 6) is -0.345. The normalized spacial score (nSPS) is 13.4. The van der Waals surface area contributed by atoms with Crippen LogP contribution >= 0.6 is 11.6 Å². The molecule has 3 aromatic rings. The lowest BCUT2D eigenvalue weighted by molar-refractivity contribution is -0.151. The van der Waals surface area contributed by atoms with Crippen molar-refractivity contribution in [1.82, 2.24) is 4.57 Å². The minimum atomic E-state index is -0.978. The number of rotatable bonds is 6. The van der Waals surface area contributed by atoms with Gasteiger partial charge in [-0.25, -0.2) is 4.79 Å². The van der Waals surface area contributed by atoms with Gasteiger partial charge in [-0.2, -0.15) is 0 Å². The van der Waals surface area contributed by atoms with E-state index in [9.17, 15) is 4.79 Å². The molecule has 140 valence electrons. The summed E-state index contributed by atoms with van der Waals surface area (Å²) in [7, 11) is 1.43. The number of nitrogens with zero attached hydrogens (tertiary/aromatic N) is 1. The Labute approximate surface area is 165 Å². The summed E-state index contributed by atoms with van der Waals surface area (Å²) in [6.45, 7) is 4.05. The molecule has 0 amide bonds. The van der Waals surface area contributed by atoms with Gasteiger partial charge in [-0.1, -0.05) is 67.9 Å². The lowest BCUT2D eigenvalue weighted by atomic mass is 9.79. The summed E-state index contributed by atoms with van der Waals surface area (Å²) >= 11 is 6.24. The molecule has 0 N–H and O–H groups in total. The molecule has 2 aromatic carbocycles. The van der Waals surface area contributed by atoms with Crippen molar-refractivity contribution in [3.05, 3.63) is 94.8 Å². The number of methoxy groups -OCH3 is 1. The van der Waals surface area contributed by atoms with Crippen molar-refractivity contribution < 1.29 is 9.53 Å². The SMILES string of the molecule is COC(=O)C(c1cccc(Cl)c1)(C(C)C)n1ccc(Cc2ccccc2)c1. The molecule has 0 fully saturated rings. The van der Waals surface area contributed by atoms with E-state index in [-0.39, 0.29) is 11.9 Å². The Kier molecular flexibility index (Phi) is 5.71. The highest BCUT2D eigenvalue weighted by Gasteiger charge is 2.46. The van der Waals surface area contributed by atoms with Gasteiger partial charge >= 0.3 is 5.97 Å². The number of carbonyl (C=O) groups is 1. The summed E-state index contributed by atoms with van der Waals surface area (Å²) in [5, 5.41) is 0.595. The number of hydrogen-bond donors (Lipinski definition) is 0. The van der Waals surface area contributed by atoms with Gasteiger partial charge in [-0.05, 0) is 47.2 Å². The number of carbonyl (C=O) groups excluding carboxylic acids is 1. The largest absolute Gasteiger partial charge is 0.467 e. The molecule has 0 aliphatic rings. The van der Waals surface area contributed by atoms with Gasteiger partial charge in [0.15, 0.2) is 5.54 Å². The summed E-state index contributed by atoms with van der Waals surface area (Å²) < 4.78 is 7.22. The molecule has 0 aliphatic heterocycles. The number of ether oxygens (including phenoxy) is 1. The van der Waals surface area contributed by atoms with E-state index in [0.717, 1.165) is 17.5 Å². The standard InChI is InChI=1S/C23H24ClNO2/c1-17(2)23(22(26)27-3,20-10-7-11-21(24)15-20)25-13-12-19(16-25)14-18-8-5-4-6-9-18/h4-13,15-17H,14H2,1-3H3. The number of aromatic nitrogens is 1. The first kappa shape index (κ1) is 19.2. The van der Waals surface area contributed by atoms with E-state index in [2.05, 4.69) is 18.2 Å². The summed E-state index contributed by atoms with van der Waals surface area (Å²) in [4.78, 5) is 13.1. The fraction of sp³-hybridized carbons (Fsp3) is 0.261. The van der Waals surface area contributed by atoms with Crippen LogP contribution in [0.1, 0.15) is 30.5 Å². The van der Waals surface area contributed by atoms with Crippen molar-refractivity contribution in [2.75, 3.05) is 7.11 Å². The van der Waals surface area contributed by atoms with Gasteiger partial charge in [0.25, 0.3) is 0 Å². The molecule has 0 spiro atoms. The van der Waals surface area contributed by atoms with Gasteiger partial charge in [0.05, 0.1) is 7.11 Å². The zero-order valence-electron chi connectivity index (χ0n) is 15.9. The zero-order chi connectivity index (χ0) is 19.4. The first-order valence-electron chi connectivity index (χ1n) is 9.04. The maximum absolute atomic E-state index is 13.1. The van der Waals surface area contributed by atoms with Gasteiger partial charge in [0.2, 0.25) is 0 Å². The molecule has 0 aliphatic carbocycles. The number of esters is 1. The van der Waals surface area contributed by atoms with Crippen molar-refractivity contribution in [1.29, 1.82) is 0 Å². The van der Waals surface area contributed by atoms with Crippen LogP contribution in [0.3, 0.4) is 0 Å².